The first-order valence-electron chi connectivity index (χ1n) is 18.1. The van der Waals surface area contributed by atoms with E-state index in [-0.39, 0.29) is 40.7 Å². The second-order valence-electron chi connectivity index (χ2n) is 14.3. The fourth-order valence-corrected chi connectivity index (χ4v) is 8.87. The van der Waals surface area contributed by atoms with Gasteiger partial charge in [0.2, 0.25) is 0 Å². The Morgan fingerprint density at radius 2 is 1.74 bits per heavy atom. The van der Waals surface area contributed by atoms with E-state index in [1.54, 1.807) is 6.07 Å². The number of H-pyrrole nitrogens is 1. The lowest BCUT2D eigenvalue weighted by atomic mass is 9.89. The number of carbonyl (C=O) groups excluding carboxylic acids is 3. The number of morpholine rings is 1. The van der Waals surface area contributed by atoms with Crippen LogP contribution in [0.2, 0.25) is 5.02 Å². The summed E-state index contributed by atoms with van der Waals surface area (Å²) in [6, 6.07) is 7.42. The number of benzene rings is 2. The predicted molar refractivity (Wildman–Crippen MR) is 202 cm³/mol. The molecule has 2 aliphatic rings. The fourth-order valence-electron chi connectivity index (χ4n) is 6.87. The van der Waals surface area contributed by atoms with E-state index in [0.717, 1.165) is 41.1 Å². The third-order valence-electron chi connectivity index (χ3n) is 9.72. The second kappa shape index (κ2) is 17.6. The first-order chi connectivity index (χ1) is 27.3. The van der Waals surface area contributed by atoms with Crippen molar-refractivity contribution in [2.45, 2.75) is 69.6 Å². The Hall–Kier alpha value is -4.08. The number of aromatic nitrogens is 2. The number of halogens is 7. The van der Waals surface area contributed by atoms with Gasteiger partial charge in [0.05, 0.1) is 28.5 Å². The topological polar surface area (TPSA) is 143 Å². The predicted octanol–water partition coefficient (Wildman–Crippen LogP) is 6.78. The number of rotatable bonds is 12. The van der Waals surface area contributed by atoms with Crippen LogP contribution in [0, 0.1) is 0 Å². The first-order valence-corrected chi connectivity index (χ1v) is 20.2. The van der Waals surface area contributed by atoms with E-state index >= 15 is 0 Å². The number of aromatic amines is 1. The molecule has 0 bridgehead atoms. The highest BCUT2D eigenvalue weighted by Gasteiger charge is 2.44. The number of hydrogen-bond donors (Lipinski definition) is 2. The normalized spacial score (nSPS) is 16.9. The van der Waals surface area contributed by atoms with Crippen LogP contribution in [0.1, 0.15) is 70.9 Å². The molecule has 6 rings (SSSR count). The number of fused-ring (bicyclic) bond motifs is 1. The summed E-state index contributed by atoms with van der Waals surface area (Å²) in [6.45, 7) is 7.30. The number of nitrogens with one attached hydrogen (secondary N) is 2. The van der Waals surface area contributed by atoms with Crippen molar-refractivity contribution in [1.82, 2.24) is 25.1 Å². The highest BCUT2D eigenvalue weighted by atomic mass is 35.5. The lowest BCUT2D eigenvalue weighted by molar-refractivity contribution is -0.205. The molecule has 2 N–H and O–H groups in total. The number of amides is 1. The van der Waals surface area contributed by atoms with Crippen molar-refractivity contribution in [2.75, 3.05) is 45.9 Å². The Labute approximate surface area is 340 Å². The van der Waals surface area contributed by atoms with Crippen LogP contribution < -0.4 is 14.9 Å². The number of carbonyl (C=O) groups is 3. The van der Waals surface area contributed by atoms with Crippen molar-refractivity contribution in [2.24, 2.45) is 0 Å². The summed E-state index contributed by atoms with van der Waals surface area (Å²) in [5, 5.41) is 6.15. The highest BCUT2D eigenvalue weighted by molar-refractivity contribution is 7.16. The number of thiazole rings is 2. The molecule has 58 heavy (non-hydrogen) atoms. The molecule has 2 aliphatic heterocycles. The summed E-state index contributed by atoms with van der Waals surface area (Å²) < 4.78 is 93.7. The summed E-state index contributed by atoms with van der Waals surface area (Å²) in [5.41, 5.74) is 1.22. The molecule has 21 heteroatoms. The van der Waals surface area contributed by atoms with Crippen LogP contribution >= 0.6 is 34.3 Å². The first kappa shape index (κ1) is 43.5. The Morgan fingerprint density at radius 3 is 2.41 bits per heavy atom. The van der Waals surface area contributed by atoms with Gasteiger partial charge in [-0.1, -0.05) is 42.9 Å². The molecule has 1 atom stereocenters. The van der Waals surface area contributed by atoms with Crippen LogP contribution in [-0.2, 0) is 32.0 Å². The van der Waals surface area contributed by atoms with Gasteiger partial charge in [0.25, 0.3) is 5.91 Å². The van der Waals surface area contributed by atoms with Crippen molar-refractivity contribution in [3.8, 4) is 5.75 Å². The zero-order valence-electron chi connectivity index (χ0n) is 31.1. The minimum atomic E-state index is -5.38. The standard InChI is InChI=1S/C37H38ClF6N5O7S2/c1-20(2)30-46-25(18-57-30)31(50)49-11-12-54-35(19-49)6-9-48(10-7-35)17-22-13-21(14-23(38)15-22)5-8-45-16-27(56-33(52)37(42,43)44)24-3-4-26(55-32(51)36(39,40)41)28-29(24)58-34(53)47-28/h3-4,13-15,18,20,27,45H,5-12,16-17,19H2,1-2H3,(H,47,53)/t27-/m0/s1. The van der Waals surface area contributed by atoms with Crippen molar-refractivity contribution in [3.05, 3.63) is 77.8 Å². The number of nitrogens with zero attached hydrogens (tertiary/aromatic N) is 3. The molecule has 0 radical (unpaired) electrons. The maximum Gasteiger partial charge on any atom is 0.491 e. The number of alkyl halides is 6. The zero-order chi connectivity index (χ0) is 42.0. The minimum Gasteiger partial charge on any atom is -0.449 e. The van der Waals surface area contributed by atoms with Gasteiger partial charge >= 0.3 is 29.2 Å². The van der Waals surface area contributed by atoms with Gasteiger partial charge in [0.1, 0.15) is 17.3 Å². The van der Waals surface area contributed by atoms with Gasteiger partial charge in [-0.05, 0) is 61.2 Å². The molecule has 314 valence electrons. The van der Waals surface area contributed by atoms with Crippen molar-refractivity contribution in [3.63, 3.8) is 0 Å². The lowest BCUT2D eigenvalue weighted by Crippen LogP contribution is -2.58. The van der Waals surface area contributed by atoms with Crippen LogP contribution in [-0.4, -0.2) is 101 Å². The van der Waals surface area contributed by atoms with E-state index in [4.69, 9.17) is 21.1 Å². The van der Waals surface area contributed by atoms with Crippen molar-refractivity contribution < 1.29 is 54.9 Å². The van der Waals surface area contributed by atoms with E-state index in [1.807, 2.05) is 36.3 Å². The molecule has 2 saturated heterocycles. The van der Waals surface area contributed by atoms with E-state index in [0.29, 0.717) is 67.8 Å². The summed E-state index contributed by atoms with van der Waals surface area (Å²) in [4.78, 5) is 58.9. The quantitative estimate of drug-likeness (QED) is 0.0678. The summed E-state index contributed by atoms with van der Waals surface area (Å²) in [5.74, 6) is -5.64. The Balaban J connectivity index is 1.06. The van der Waals surface area contributed by atoms with Gasteiger partial charge in [0, 0.05) is 54.6 Å². The Morgan fingerprint density at radius 1 is 1.03 bits per heavy atom. The van der Waals surface area contributed by atoms with Crippen molar-refractivity contribution >= 4 is 62.3 Å². The third-order valence-corrected chi connectivity index (χ3v) is 12.0. The van der Waals surface area contributed by atoms with E-state index < -0.39 is 46.6 Å². The molecule has 2 aromatic heterocycles. The number of ether oxygens (including phenoxy) is 3. The molecule has 0 unspecified atom stereocenters. The second-order valence-corrected chi connectivity index (χ2v) is 16.6. The zero-order valence-corrected chi connectivity index (χ0v) is 33.4. The van der Waals surface area contributed by atoms with Gasteiger partial charge in [-0.3, -0.25) is 14.5 Å². The van der Waals surface area contributed by atoms with E-state index in [9.17, 15) is 45.5 Å². The minimum absolute atomic E-state index is 0.0887. The molecule has 12 nitrogen and oxygen atoms in total. The molecule has 2 fully saturated rings. The van der Waals surface area contributed by atoms with Gasteiger partial charge in [0.15, 0.2) is 5.75 Å². The van der Waals surface area contributed by atoms with E-state index in [1.165, 1.54) is 11.3 Å². The fraction of sp³-hybridized carbons (Fsp3) is 0.486. The van der Waals surface area contributed by atoms with Gasteiger partial charge in [-0.15, -0.1) is 11.3 Å². The van der Waals surface area contributed by atoms with Crippen molar-refractivity contribution in [1.29, 1.82) is 0 Å². The molecule has 2 aromatic carbocycles. The van der Waals surface area contributed by atoms with Gasteiger partial charge in [-0.2, -0.15) is 26.3 Å². The molecule has 4 aromatic rings. The molecule has 0 saturated carbocycles. The third kappa shape index (κ3) is 10.6. The van der Waals surface area contributed by atoms with Crippen LogP contribution in [0.4, 0.5) is 26.3 Å². The van der Waals surface area contributed by atoms with Gasteiger partial charge < -0.3 is 29.4 Å². The molecule has 0 aliphatic carbocycles. The Kier molecular flexibility index (Phi) is 13.2. The van der Waals surface area contributed by atoms with Crippen LogP contribution in [0.3, 0.4) is 0 Å². The maximum atomic E-state index is 13.3. The average molecular weight is 878 g/mol. The molecular formula is C37H38ClF6N5O7S2. The van der Waals surface area contributed by atoms with Crippen LogP contribution in [0.15, 0.2) is 40.5 Å². The summed E-state index contributed by atoms with van der Waals surface area (Å²) >= 11 is 8.39. The average Bonchev–Trinajstić information content (AvgIpc) is 3.81. The number of hydrogen-bond acceptors (Lipinski definition) is 12. The van der Waals surface area contributed by atoms with Crippen LogP contribution in [0.5, 0.6) is 5.75 Å². The van der Waals surface area contributed by atoms with Gasteiger partial charge in [-0.25, -0.2) is 14.6 Å². The van der Waals surface area contributed by atoms with E-state index in [2.05, 4.69) is 24.9 Å². The highest BCUT2D eigenvalue weighted by Crippen LogP contribution is 2.36. The molecular weight excluding hydrogens is 840 g/mol. The smallest absolute Gasteiger partial charge is 0.449 e. The molecule has 1 amide bonds. The summed E-state index contributed by atoms with van der Waals surface area (Å²) in [7, 11) is 0. The molecule has 4 heterocycles. The monoisotopic (exact) mass is 877 g/mol. The SMILES string of the molecule is CC(C)c1nc(C(=O)N2CCOC3(CCN(Cc4cc(Cl)cc(CCNC[C@H](OC(=O)C(F)(F)F)c5ccc(OC(=O)C(F)(F)F)c6[nH]c(=O)sc56)c4)CC3)C2)cs1. The molecule has 1 spiro atoms. The number of esters is 2. The number of piperidine rings is 1. The lowest BCUT2D eigenvalue weighted by Gasteiger charge is -2.47. The summed E-state index contributed by atoms with van der Waals surface area (Å²) in [6.07, 6.45) is -10.6. The maximum absolute atomic E-state index is 13.3. The Bertz CT molecular complexity index is 2200. The number of likely N-dealkylation sites (tertiary alicyclic amines) is 1. The largest absolute Gasteiger partial charge is 0.491 e. The van der Waals surface area contributed by atoms with Crippen LogP contribution in [0.25, 0.3) is 10.2 Å².